The van der Waals surface area contributed by atoms with Crippen LogP contribution in [-0.2, 0) is 4.79 Å². The molecule has 0 saturated heterocycles. The van der Waals surface area contributed by atoms with Crippen LogP contribution < -0.4 is 19.5 Å². The number of carbonyl (C=O) groups is 1. The molecule has 0 unspecified atom stereocenters. The molecule has 0 aliphatic carbocycles. The monoisotopic (exact) mass is 432 g/mol. The number of nitrogens with zero attached hydrogens (tertiary/aromatic N) is 1. The second-order valence-electron chi connectivity index (χ2n) is 7.35. The van der Waals surface area contributed by atoms with Gasteiger partial charge < -0.3 is 23.9 Å². The molecule has 1 amide bonds. The zero-order valence-electron chi connectivity index (χ0n) is 18.4. The molecule has 0 bridgehead atoms. The summed E-state index contributed by atoms with van der Waals surface area (Å²) in [5.41, 5.74) is 4.89. The van der Waals surface area contributed by atoms with Crippen molar-refractivity contribution < 1.29 is 23.4 Å². The molecule has 0 radical (unpaired) electrons. The molecule has 0 aliphatic rings. The van der Waals surface area contributed by atoms with Gasteiger partial charge in [-0.3, -0.25) is 4.79 Å². The zero-order chi connectivity index (χ0) is 22.7. The predicted octanol–water partition coefficient (Wildman–Crippen LogP) is 5.15. The maximum Gasteiger partial charge on any atom is 0.262 e. The molecule has 0 atom stereocenters. The molecule has 1 heterocycles. The van der Waals surface area contributed by atoms with Gasteiger partial charge in [0.2, 0.25) is 5.89 Å². The van der Waals surface area contributed by atoms with E-state index in [1.807, 2.05) is 38.1 Å². The Morgan fingerprint density at radius 1 is 0.938 bits per heavy atom. The van der Waals surface area contributed by atoms with E-state index < -0.39 is 0 Å². The number of carbonyl (C=O) groups excluding carboxylic acids is 1. The Kier molecular flexibility index (Phi) is 5.98. The highest BCUT2D eigenvalue weighted by Crippen LogP contribution is 2.33. The van der Waals surface area contributed by atoms with E-state index in [9.17, 15) is 4.79 Å². The fraction of sp³-hybridized carbons (Fsp3) is 0.200. The normalized spacial score (nSPS) is 10.8. The van der Waals surface area contributed by atoms with Crippen LogP contribution in [0.2, 0.25) is 0 Å². The number of oxazole rings is 1. The van der Waals surface area contributed by atoms with E-state index in [0.717, 1.165) is 11.1 Å². The molecule has 1 aromatic heterocycles. The fourth-order valence-electron chi connectivity index (χ4n) is 3.25. The minimum Gasteiger partial charge on any atom is -0.493 e. The highest BCUT2D eigenvalue weighted by atomic mass is 16.5. The molecule has 164 valence electrons. The summed E-state index contributed by atoms with van der Waals surface area (Å²) >= 11 is 0. The lowest BCUT2D eigenvalue weighted by Gasteiger charge is -2.09. The van der Waals surface area contributed by atoms with Crippen molar-refractivity contribution in [2.45, 2.75) is 13.8 Å². The number of benzene rings is 3. The number of rotatable bonds is 7. The van der Waals surface area contributed by atoms with Gasteiger partial charge in [0.1, 0.15) is 11.3 Å². The summed E-state index contributed by atoms with van der Waals surface area (Å²) in [5.74, 6) is 2.06. The molecule has 7 heteroatoms. The minimum absolute atomic E-state index is 0.0871. The first-order chi connectivity index (χ1) is 15.5. The summed E-state index contributed by atoms with van der Waals surface area (Å²) < 4.78 is 22.1. The Labute approximate surface area is 185 Å². The van der Waals surface area contributed by atoms with Crippen molar-refractivity contribution >= 4 is 22.7 Å². The third kappa shape index (κ3) is 4.51. The van der Waals surface area contributed by atoms with Gasteiger partial charge >= 0.3 is 0 Å². The number of hydrogen-bond donors (Lipinski definition) is 1. The number of aromatic nitrogens is 1. The molecule has 7 nitrogen and oxygen atoms in total. The molecule has 4 rings (SSSR count). The average Bonchev–Trinajstić information content (AvgIpc) is 3.23. The third-order valence-electron chi connectivity index (χ3n) is 5.15. The van der Waals surface area contributed by atoms with Crippen LogP contribution >= 0.6 is 0 Å². The Balaban J connectivity index is 1.46. The number of methoxy groups -OCH3 is 2. The molecule has 0 spiro atoms. The third-order valence-corrected chi connectivity index (χ3v) is 5.15. The van der Waals surface area contributed by atoms with Crippen LogP contribution in [0.15, 0.2) is 59.0 Å². The lowest BCUT2D eigenvalue weighted by atomic mass is 10.1. The number of nitrogens with one attached hydrogen (secondary N) is 1. The molecular formula is C25H24N2O5. The standard InChI is InChI=1S/C25H24N2O5/c1-15-5-8-19(11-16(15)2)31-14-24(28)26-18-7-10-21-20(13-18)27-25(32-21)17-6-9-22(29-3)23(12-17)30-4/h5-13H,14H2,1-4H3,(H,26,28). The molecule has 0 fully saturated rings. The Morgan fingerprint density at radius 2 is 1.75 bits per heavy atom. The van der Waals surface area contributed by atoms with Crippen LogP contribution in [-0.4, -0.2) is 31.7 Å². The largest absolute Gasteiger partial charge is 0.493 e. The van der Waals surface area contributed by atoms with Crippen LogP contribution in [0.3, 0.4) is 0 Å². The second kappa shape index (κ2) is 9.01. The van der Waals surface area contributed by atoms with Crippen molar-refractivity contribution in [3.63, 3.8) is 0 Å². The average molecular weight is 432 g/mol. The van der Waals surface area contributed by atoms with E-state index in [1.54, 1.807) is 44.6 Å². The molecule has 0 aliphatic heterocycles. The van der Waals surface area contributed by atoms with Crippen molar-refractivity contribution in [3.05, 3.63) is 65.7 Å². The van der Waals surface area contributed by atoms with Gasteiger partial charge in [0, 0.05) is 11.3 Å². The molecule has 0 saturated carbocycles. The summed E-state index contributed by atoms with van der Waals surface area (Å²) in [6, 6.07) is 16.5. The summed E-state index contributed by atoms with van der Waals surface area (Å²) in [7, 11) is 3.16. The summed E-state index contributed by atoms with van der Waals surface area (Å²) in [4.78, 5) is 16.9. The van der Waals surface area contributed by atoms with Crippen LogP contribution in [0, 0.1) is 13.8 Å². The fourth-order valence-corrected chi connectivity index (χ4v) is 3.25. The first-order valence-electron chi connectivity index (χ1n) is 10.1. The molecule has 32 heavy (non-hydrogen) atoms. The van der Waals surface area contributed by atoms with Gasteiger partial charge in [0.25, 0.3) is 5.91 Å². The summed E-state index contributed by atoms with van der Waals surface area (Å²) in [6.45, 7) is 3.95. The number of fused-ring (bicyclic) bond motifs is 1. The number of aryl methyl sites for hydroxylation is 2. The summed E-state index contributed by atoms with van der Waals surface area (Å²) in [6.07, 6.45) is 0. The van der Waals surface area contributed by atoms with Gasteiger partial charge in [-0.25, -0.2) is 4.98 Å². The van der Waals surface area contributed by atoms with E-state index in [4.69, 9.17) is 18.6 Å². The van der Waals surface area contributed by atoms with E-state index in [1.165, 1.54) is 5.56 Å². The Bertz CT molecular complexity index is 1280. The van der Waals surface area contributed by atoms with Crippen LogP contribution in [0.5, 0.6) is 17.2 Å². The van der Waals surface area contributed by atoms with Gasteiger partial charge in [0.15, 0.2) is 23.7 Å². The van der Waals surface area contributed by atoms with Crippen molar-refractivity contribution in [3.8, 4) is 28.7 Å². The van der Waals surface area contributed by atoms with Gasteiger partial charge in [-0.2, -0.15) is 0 Å². The molecule has 1 N–H and O–H groups in total. The first kappa shape index (κ1) is 21.2. The maximum absolute atomic E-state index is 12.3. The number of ether oxygens (including phenoxy) is 3. The lowest BCUT2D eigenvalue weighted by Crippen LogP contribution is -2.20. The maximum atomic E-state index is 12.3. The Morgan fingerprint density at radius 3 is 2.50 bits per heavy atom. The van der Waals surface area contributed by atoms with E-state index in [-0.39, 0.29) is 12.5 Å². The minimum atomic E-state index is -0.258. The number of amides is 1. The predicted molar refractivity (Wildman–Crippen MR) is 123 cm³/mol. The smallest absolute Gasteiger partial charge is 0.262 e. The molecule has 4 aromatic rings. The number of anilines is 1. The molecular weight excluding hydrogens is 408 g/mol. The quantitative estimate of drug-likeness (QED) is 0.435. The Hall–Kier alpha value is -4.00. The molecule has 3 aromatic carbocycles. The van der Waals surface area contributed by atoms with Crippen molar-refractivity contribution in [2.24, 2.45) is 0 Å². The van der Waals surface area contributed by atoms with Crippen molar-refractivity contribution in [1.29, 1.82) is 0 Å². The summed E-state index contributed by atoms with van der Waals surface area (Å²) in [5, 5.41) is 2.83. The topological polar surface area (TPSA) is 82.8 Å². The SMILES string of the molecule is COc1ccc(-c2nc3cc(NC(=O)COc4ccc(C)c(C)c4)ccc3o2)cc1OC. The van der Waals surface area contributed by atoms with Gasteiger partial charge in [-0.05, 0) is 73.5 Å². The number of hydrogen-bond acceptors (Lipinski definition) is 6. The van der Waals surface area contributed by atoms with E-state index in [2.05, 4.69) is 10.3 Å². The van der Waals surface area contributed by atoms with Crippen LogP contribution in [0.1, 0.15) is 11.1 Å². The van der Waals surface area contributed by atoms with Crippen LogP contribution in [0.25, 0.3) is 22.6 Å². The second-order valence-corrected chi connectivity index (χ2v) is 7.35. The highest BCUT2D eigenvalue weighted by molar-refractivity contribution is 5.94. The zero-order valence-corrected chi connectivity index (χ0v) is 18.4. The van der Waals surface area contributed by atoms with E-state index in [0.29, 0.717) is 39.9 Å². The lowest BCUT2D eigenvalue weighted by molar-refractivity contribution is -0.118. The van der Waals surface area contributed by atoms with E-state index >= 15 is 0 Å². The van der Waals surface area contributed by atoms with Gasteiger partial charge in [0.05, 0.1) is 14.2 Å². The van der Waals surface area contributed by atoms with Crippen LogP contribution in [0.4, 0.5) is 5.69 Å². The van der Waals surface area contributed by atoms with Crippen molar-refractivity contribution in [1.82, 2.24) is 4.98 Å². The van der Waals surface area contributed by atoms with Gasteiger partial charge in [-0.1, -0.05) is 6.07 Å². The highest BCUT2D eigenvalue weighted by Gasteiger charge is 2.13. The van der Waals surface area contributed by atoms with Crippen molar-refractivity contribution in [2.75, 3.05) is 26.1 Å². The first-order valence-corrected chi connectivity index (χ1v) is 10.1. The van der Waals surface area contributed by atoms with Gasteiger partial charge in [-0.15, -0.1) is 0 Å².